The number of nitrogens with one attached hydrogen (secondary N) is 2. The van der Waals surface area contributed by atoms with Crippen molar-refractivity contribution in [2.75, 3.05) is 0 Å². The fraction of sp³-hybridized carbons (Fsp3) is 0.333. The molecule has 0 unspecified atom stereocenters. The maximum atomic E-state index is 11.7. The maximum absolute atomic E-state index is 11.7. The highest BCUT2D eigenvalue weighted by Crippen LogP contribution is 2.20. The van der Waals surface area contributed by atoms with Crippen molar-refractivity contribution in [1.82, 2.24) is 10.9 Å². The number of hydrogen-bond acceptors (Lipinski definition) is 2. The molecule has 0 spiro atoms. The molecule has 1 aromatic carbocycles. The van der Waals surface area contributed by atoms with Gasteiger partial charge < -0.3 is 0 Å². The van der Waals surface area contributed by atoms with Crippen molar-refractivity contribution in [2.45, 2.75) is 26.2 Å². The molecule has 0 saturated carbocycles. The Morgan fingerprint density at radius 1 is 1.22 bits per heavy atom. The van der Waals surface area contributed by atoms with Gasteiger partial charge in [0.2, 0.25) is 5.91 Å². The molecule has 0 saturated heterocycles. The molecule has 0 aliphatic rings. The molecule has 0 heterocycles. The Bertz CT molecular complexity index is 450. The number of hydrogen-bond donors (Lipinski definition) is 2. The van der Waals surface area contributed by atoms with Gasteiger partial charge in [-0.05, 0) is 24.6 Å². The minimum atomic E-state index is -0.471. The molecule has 2 amide bonds. The predicted octanol–water partition coefficient (Wildman–Crippen LogP) is 2.94. The Labute approximate surface area is 116 Å². The summed E-state index contributed by atoms with van der Waals surface area (Å²) < 4.78 is 0. The third kappa shape index (κ3) is 4.55. The summed E-state index contributed by atoms with van der Waals surface area (Å²) in [4.78, 5) is 23.0. The Hall–Kier alpha value is -1.26. The first-order valence-electron chi connectivity index (χ1n) is 5.58. The smallest absolute Gasteiger partial charge is 0.271 e. The highest BCUT2D eigenvalue weighted by atomic mass is 35.5. The minimum absolute atomic E-state index is 0.227. The van der Waals surface area contributed by atoms with E-state index in [1.54, 1.807) is 6.07 Å². The van der Waals surface area contributed by atoms with E-state index in [2.05, 4.69) is 10.9 Å². The summed E-state index contributed by atoms with van der Waals surface area (Å²) in [5.41, 5.74) is 4.89. The van der Waals surface area contributed by atoms with E-state index in [-0.39, 0.29) is 16.5 Å². The Balaban J connectivity index is 2.53. The van der Waals surface area contributed by atoms with Crippen LogP contribution in [-0.2, 0) is 4.79 Å². The van der Waals surface area contributed by atoms with Crippen molar-refractivity contribution in [3.05, 3.63) is 33.8 Å². The predicted molar refractivity (Wildman–Crippen MR) is 71.6 cm³/mol. The van der Waals surface area contributed by atoms with Gasteiger partial charge in [0, 0.05) is 11.4 Å². The number of benzene rings is 1. The van der Waals surface area contributed by atoms with Crippen LogP contribution in [0.2, 0.25) is 10.0 Å². The number of rotatable bonds is 4. The first-order valence-corrected chi connectivity index (χ1v) is 6.34. The molecule has 18 heavy (non-hydrogen) atoms. The van der Waals surface area contributed by atoms with E-state index in [9.17, 15) is 9.59 Å². The minimum Gasteiger partial charge on any atom is -0.273 e. The van der Waals surface area contributed by atoms with Gasteiger partial charge in [-0.2, -0.15) is 0 Å². The van der Waals surface area contributed by atoms with Gasteiger partial charge in [-0.25, -0.2) is 0 Å². The van der Waals surface area contributed by atoms with Gasteiger partial charge >= 0.3 is 0 Å². The van der Waals surface area contributed by atoms with Crippen LogP contribution in [-0.4, -0.2) is 11.8 Å². The molecule has 0 aromatic heterocycles. The van der Waals surface area contributed by atoms with Crippen molar-refractivity contribution < 1.29 is 9.59 Å². The van der Waals surface area contributed by atoms with Gasteiger partial charge in [-0.3, -0.25) is 20.4 Å². The second-order valence-corrected chi connectivity index (χ2v) is 4.57. The summed E-state index contributed by atoms with van der Waals surface area (Å²) in [6.07, 6.45) is 2.08. The zero-order chi connectivity index (χ0) is 13.5. The van der Waals surface area contributed by atoms with Crippen LogP contribution in [0.15, 0.2) is 18.2 Å². The first kappa shape index (κ1) is 14.8. The van der Waals surface area contributed by atoms with E-state index >= 15 is 0 Å². The molecule has 1 aromatic rings. The molecular formula is C12H14Cl2N2O2. The molecule has 1 rings (SSSR count). The first-order chi connectivity index (χ1) is 8.54. The van der Waals surface area contributed by atoms with Crippen LogP contribution in [0.1, 0.15) is 36.5 Å². The zero-order valence-electron chi connectivity index (χ0n) is 9.93. The van der Waals surface area contributed by atoms with E-state index in [0.29, 0.717) is 11.4 Å². The van der Waals surface area contributed by atoms with Crippen LogP contribution in [0.5, 0.6) is 0 Å². The van der Waals surface area contributed by atoms with Crippen molar-refractivity contribution >= 4 is 35.0 Å². The second-order valence-electron chi connectivity index (χ2n) is 3.73. The van der Waals surface area contributed by atoms with Crippen molar-refractivity contribution in [1.29, 1.82) is 0 Å². The fourth-order valence-corrected chi connectivity index (χ4v) is 1.76. The molecule has 0 aliphatic carbocycles. The standard InChI is InChI=1S/C12H14Cl2N2O2/c1-2-3-4-11(17)15-16-12(18)9-6-5-8(13)7-10(9)14/h5-7H,2-4H2,1H3,(H,15,17)(H,16,18). The molecule has 0 aliphatic heterocycles. The Morgan fingerprint density at radius 2 is 1.94 bits per heavy atom. The lowest BCUT2D eigenvalue weighted by Gasteiger charge is -2.08. The molecule has 6 heteroatoms. The summed E-state index contributed by atoms with van der Waals surface area (Å²) in [7, 11) is 0. The summed E-state index contributed by atoms with van der Waals surface area (Å²) in [6, 6.07) is 4.52. The third-order valence-corrected chi connectivity index (χ3v) is 2.80. The fourth-order valence-electron chi connectivity index (χ4n) is 1.27. The van der Waals surface area contributed by atoms with Crippen LogP contribution >= 0.6 is 23.2 Å². The summed E-state index contributed by atoms with van der Waals surface area (Å²) in [6.45, 7) is 1.99. The van der Waals surface area contributed by atoms with Gasteiger partial charge in [0.25, 0.3) is 5.91 Å². The number of carbonyl (C=O) groups excluding carboxylic acids is 2. The molecular weight excluding hydrogens is 275 g/mol. The SMILES string of the molecule is CCCCC(=O)NNC(=O)c1ccc(Cl)cc1Cl. The van der Waals surface area contributed by atoms with E-state index in [1.165, 1.54) is 12.1 Å². The number of halogens is 2. The van der Waals surface area contributed by atoms with Crippen LogP contribution in [0, 0.1) is 0 Å². The summed E-state index contributed by atoms with van der Waals surface area (Å²) in [5.74, 6) is -0.697. The molecule has 4 nitrogen and oxygen atoms in total. The number of carbonyl (C=O) groups is 2. The molecule has 0 radical (unpaired) electrons. The number of amides is 2. The van der Waals surface area contributed by atoms with E-state index in [4.69, 9.17) is 23.2 Å². The lowest BCUT2D eigenvalue weighted by molar-refractivity contribution is -0.121. The summed E-state index contributed by atoms with van der Waals surface area (Å²) in [5, 5.41) is 0.686. The topological polar surface area (TPSA) is 58.2 Å². The van der Waals surface area contributed by atoms with Crippen LogP contribution < -0.4 is 10.9 Å². The quantitative estimate of drug-likeness (QED) is 0.837. The zero-order valence-corrected chi connectivity index (χ0v) is 11.4. The molecule has 0 bridgehead atoms. The van der Waals surface area contributed by atoms with Crippen LogP contribution in [0.25, 0.3) is 0 Å². The monoisotopic (exact) mass is 288 g/mol. The normalized spacial score (nSPS) is 9.94. The Morgan fingerprint density at radius 3 is 2.56 bits per heavy atom. The highest BCUT2D eigenvalue weighted by molar-refractivity contribution is 6.36. The molecule has 0 atom stereocenters. The van der Waals surface area contributed by atoms with Gasteiger partial charge in [0.15, 0.2) is 0 Å². The van der Waals surface area contributed by atoms with Gasteiger partial charge in [0.1, 0.15) is 0 Å². The van der Waals surface area contributed by atoms with Crippen molar-refractivity contribution in [2.24, 2.45) is 0 Å². The van der Waals surface area contributed by atoms with E-state index in [0.717, 1.165) is 12.8 Å². The average Bonchev–Trinajstić information content (AvgIpc) is 2.33. The van der Waals surface area contributed by atoms with Gasteiger partial charge in [-0.15, -0.1) is 0 Å². The number of hydrazine groups is 1. The van der Waals surface area contributed by atoms with Gasteiger partial charge in [-0.1, -0.05) is 36.5 Å². The number of unbranched alkanes of at least 4 members (excludes halogenated alkanes) is 1. The van der Waals surface area contributed by atoms with Gasteiger partial charge in [0.05, 0.1) is 10.6 Å². The second kappa shape index (κ2) is 7.24. The highest BCUT2D eigenvalue weighted by Gasteiger charge is 2.11. The lowest BCUT2D eigenvalue weighted by atomic mass is 10.2. The molecule has 2 N–H and O–H groups in total. The molecule has 0 fully saturated rings. The van der Waals surface area contributed by atoms with Crippen LogP contribution in [0.3, 0.4) is 0 Å². The van der Waals surface area contributed by atoms with Crippen molar-refractivity contribution in [3.8, 4) is 0 Å². The van der Waals surface area contributed by atoms with Crippen molar-refractivity contribution in [3.63, 3.8) is 0 Å². The molecule has 98 valence electrons. The van der Waals surface area contributed by atoms with E-state index in [1.807, 2.05) is 6.92 Å². The largest absolute Gasteiger partial charge is 0.273 e. The lowest BCUT2D eigenvalue weighted by Crippen LogP contribution is -2.41. The van der Waals surface area contributed by atoms with E-state index < -0.39 is 5.91 Å². The average molecular weight is 289 g/mol. The summed E-state index contributed by atoms with van der Waals surface area (Å²) >= 11 is 11.6. The van der Waals surface area contributed by atoms with Crippen LogP contribution in [0.4, 0.5) is 0 Å². The Kier molecular flexibility index (Phi) is 5.95. The maximum Gasteiger partial charge on any atom is 0.271 e. The third-order valence-electron chi connectivity index (χ3n) is 2.25.